The molecule has 1 amide bonds. The molecule has 0 unspecified atom stereocenters. The van der Waals surface area contributed by atoms with Gasteiger partial charge in [-0.1, -0.05) is 23.7 Å². The van der Waals surface area contributed by atoms with E-state index in [1.54, 1.807) is 12.1 Å². The summed E-state index contributed by atoms with van der Waals surface area (Å²) in [5.74, 6) is -0.0277. The van der Waals surface area contributed by atoms with Gasteiger partial charge in [-0.3, -0.25) is 9.69 Å². The van der Waals surface area contributed by atoms with E-state index in [0.717, 1.165) is 13.1 Å². The summed E-state index contributed by atoms with van der Waals surface area (Å²) < 4.78 is 5.21. The number of benzene rings is 1. The van der Waals surface area contributed by atoms with Crippen LogP contribution in [0.4, 0.5) is 0 Å². The molecule has 1 aliphatic heterocycles. The molecule has 0 spiro atoms. The third kappa shape index (κ3) is 4.68. The van der Waals surface area contributed by atoms with E-state index in [1.165, 1.54) is 0 Å². The van der Waals surface area contributed by atoms with Crippen LogP contribution in [-0.4, -0.2) is 72.9 Å². The largest absolute Gasteiger partial charge is 0.389 e. The number of halogens is 1. The van der Waals surface area contributed by atoms with Gasteiger partial charge in [0.1, 0.15) is 0 Å². The molecule has 0 aromatic heterocycles. The molecule has 1 aromatic carbocycles. The molecule has 1 fully saturated rings. The number of rotatable bonds is 6. The maximum atomic E-state index is 12.4. The van der Waals surface area contributed by atoms with E-state index in [0.29, 0.717) is 43.4 Å². The standard InChI is InChI=1S/C16H23ClN2O3/c1-2-22-12-13(20)11-18-7-9-19(10-8-18)16(21)14-5-3-4-6-15(14)17/h3-6,13,20H,2,7-12H2,1H3/t13-/m0/s1. The lowest BCUT2D eigenvalue weighted by molar-refractivity contribution is 0.0111. The fraction of sp³-hybridized carbons (Fsp3) is 0.562. The Balaban J connectivity index is 1.82. The van der Waals surface area contributed by atoms with Gasteiger partial charge in [-0.15, -0.1) is 0 Å². The van der Waals surface area contributed by atoms with Crippen LogP contribution < -0.4 is 0 Å². The first-order valence-corrected chi connectivity index (χ1v) is 8.01. The molecule has 1 atom stereocenters. The zero-order valence-corrected chi connectivity index (χ0v) is 13.6. The smallest absolute Gasteiger partial charge is 0.255 e. The van der Waals surface area contributed by atoms with Crippen molar-refractivity contribution in [1.82, 2.24) is 9.80 Å². The lowest BCUT2D eigenvalue weighted by Gasteiger charge is -2.35. The lowest BCUT2D eigenvalue weighted by Crippen LogP contribution is -2.50. The monoisotopic (exact) mass is 326 g/mol. The number of hydrogen-bond acceptors (Lipinski definition) is 4. The van der Waals surface area contributed by atoms with Crippen LogP contribution in [0.5, 0.6) is 0 Å². The molecule has 0 radical (unpaired) electrons. The minimum Gasteiger partial charge on any atom is -0.389 e. The van der Waals surface area contributed by atoms with Crippen molar-refractivity contribution < 1.29 is 14.6 Å². The van der Waals surface area contributed by atoms with Gasteiger partial charge in [-0.05, 0) is 19.1 Å². The van der Waals surface area contributed by atoms with E-state index in [4.69, 9.17) is 16.3 Å². The number of ether oxygens (including phenoxy) is 1. The Morgan fingerprint density at radius 2 is 2.00 bits per heavy atom. The Bertz CT molecular complexity index is 490. The molecule has 5 nitrogen and oxygen atoms in total. The Morgan fingerprint density at radius 1 is 1.32 bits per heavy atom. The van der Waals surface area contributed by atoms with E-state index in [1.807, 2.05) is 24.0 Å². The fourth-order valence-electron chi connectivity index (χ4n) is 2.54. The molecule has 1 heterocycles. The number of amides is 1. The summed E-state index contributed by atoms with van der Waals surface area (Å²) >= 11 is 6.08. The van der Waals surface area contributed by atoms with E-state index in [-0.39, 0.29) is 5.91 Å². The van der Waals surface area contributed by atoms with Crippen LogP contribution in [0.2, 0.25) is 5.02 Å². The van der Waals surface area contributed by atoms with Crippen LogP contribution in [0.1, 0.15) is 17.3 Å². The number of carbonyl (C=O) groups is 1. The number of β-amino-alcohol motifs (C(OH)–C–C–N with tert-alkyl or cyclic N) is 1. The summed E-state index contributed by atoms with van der Waals surface area (Å²) in [7, 11) is 0. The van der Waals surface area contributed by atoms with Gasteiger partial charge in [0.05, 0.1) is 23.3 Å². The molecule has 1 aliphatic rings. The van der Waals surface area contributed by atoms with Crippen molar-refractivity contribution in [2.24, 2.45) is 0 Å². The van der Waals surface area contributed by atoms with Crippen molar-refractivity contribution >= 4 is 17.5 Å². The number of aliphatic hydroxyl groups excluding tert-OH is 1. The van der Waals surface area contributed by atoms with Crippen molar-refractivity contribution in [3.05, 3.63) is 34.9 Å². The molecule has 0 saturated carbocycles. The van der Waals surface area contributed by atoms with Crippen molar-refractivity contribution in [2.45, 2.75) is 13.0 Å². The highest BCUT2D eigenvalue weighted by Crippen LogP contribution is 2.18. The molecule has 122 valence electrons. The van der Waals surface area contributed by atoms with Gasteiger partial charge in [0.15, 0.2) is 0 Å². The van der Waals surface area contributed by atoms with Crippen LogP contribution in [-0.2, 0) is 4.74 Å². The second-order valence-electron chi connectivity index (χ2n) is 5.39. The van der Waals surface area contributed by atoms with Gasteiger partial charge in [-0.2, -0.15) is 0 Å². The topological polar surface area (TPSA) is 53.0 Å². The van der Waals surface area contributed by atoms with Crippen LogP contribution >= 0.6 is 11.6 Å². The Morgan fingerprint density at radius 3 is 2.64 bits per heavy atom. The average molecular weight is 327 g/mol. The maximum Gasteiger partial charge on any atom is 0.255 e. The van der Waals surface area contributed by atoms with Gasteiger partial charge in [0.2, 0.25) is 0 Å². The highest BCUT2D eigenvalue weighted by molar-refractivity contribution is 6.33. The van der Waals surface area contributed by atoms with Crippen molar-refractivity contribution in [2.75, 3.05) is 45.9 Å². The van der Waals surface area contributed by atoms with Crippen LogP contribution in [0, 0.1) is 0 Å². The molecule has 0 bridgehead atoms. The lowest BCUT2D eigenvalue weighted by atomic mass is 10.1. The number of aliphatic hydroxyl groups is 1. The normalized spacial score (nSPS) is 17.5. The first-order valence-electron chi connectivity index (χ1n) is 7.63. The zero-order chi connectivity index (χ0) is 15.9. The van der Waals surface area contributed by atoms with Gasteiger partial charge >= 0.3 is 0 Å². The summed E-state index contributed by atoms with van der Waals surface area (Å²) in [6.07, 6.45) is -0.481. The molecular formula is C16H23ClN2O3. The molecule has 6 heteroatoms. The summed E-state index contributed by atoms with van der Waals surface area (Å²) in [5, 5.41) is 10.3. The molecule has 1 aromatic rings. The quantitative estimate of drug-likeness (QED) is 0.860. The number of nitrogens with zero attached hydrogens (tertiary/aromatic N) is 2. The number of piperazine rings is 1. The van der Waals surface area contributed by atoms with Crippen molar-refractivity contribution in [1.29, 1.82) is 0 Å². The second kappa shape index (κ2) is 8.48. The molecule has 1 saturated heterocycles. The van der Waals surface area contributed by atoms with Gasteiger partial charge < -0.3 is 14.7 Å². The molecule has 0 aliphatic carbocycles. The van der Waals surface area contributed by atoms with E-state index < -0.39 is 6.10 Å². The highest BCUT2D eigenvalue weighted by Gasteiger charge is 2.24. The summed E-state index contributed by atoms with van der Waals surface area (Å²) in [4.78, 5) is 16.4. The van der Waals surface area contributed by atoms with Crippen LogP contribution in [0.25, 0.3) is 0 Å². The Hall–Kier alpha value is -1.14. The maximum absolute atomic E-state index is 12.4. The van der Waals surface area contributed by atoms with E-state index in [2.05, 4.69) is 4.90 Å². The third-order valence-corrected chi connectivity index (χ3v) is 4.08. The zero-order valence-electron chi connectivity index (χ0n) is 12.9. The van der Waals surface area contributed by atoms with Gasteiger partial charge in [0.25, 0.3) is 5.91 Å². The van der Waals surface area contributed by atoms with Gasteiger partial charge in [0, 0.05) is 39.3 Å². The second-order valence-corrected chi connectivity index (χ2v) is 5.79. The summed E-state index contributed by atoms with van der Waals surface area (Å²) in [6, 6.07) is 7.12. The third-order valence-electron chi connectivity index (χ3n) is 3.75. The first kappa shape index (κ1) is 17.2. The van der Waals surface area contributed by atoms with E-state index >= 15 is 0 Å². The van der Waals surface area contributed by atoms with Crippen LogP contribution in [0.15, 0.2) is 24.3 Å². The predicted octanol–water partition coefficient (Wildman–Crippen LogP) is 1.50. The molecule has 22 heavy (non-hydrogen) atoms. The minimum absolute atomic E-state index is 0.0277. The Labute approximate surface area is 136 Å². The Kier molecular flexibility index (Phi) is 6.64. The van der Waals surface area contributed by atoms with Crippen molar-refractivity contribution in [3.8, 4) is 0 Å². The number of hydrogen-bond donors (Lipinski definition) is 1. The van der Waals surface area contributed by atoms with E-state index in [9.17, 15) is 9.90 Å². The minimum atomic E-state index is -0.481. The highest BCUT2D eigenvalue weighted by atomic mass is 35.5. The van der Waals surface area contributed by atoms with Gasteiger partial charge in [-0.25, -0.2) is 0 Å². The van der Waals surface area contributed by atoms with Crippen LogP contribution in [0.3, 0.4) is 0 Å². The summed E-state index contributed by atoms with van der Waals surface area (Å²) in [5.41, 5.74) is 0.550. The van der Waals surface area contributed by atoms with Crippen molar-refractivity contribution in [3.63, 3.8) is 0 Å². The average Bonchev–Trinajstić information content (AvgIpc) is 2.53. The molecule has 2 rings (SSSR count). The summed E-state index contributed by atoms with van der Waals surface area (Å²) in [6.45, 7) is 6.24. The fourth-order valence-corrected chi connectivity index (χ4v) is 2.76. The molecular weight excluding hydrogens is 304 g/mol. The first-order chi connectivity index (χ1) is 10.6. The molecule has 1 N–H and O–H groups in total. The predicted molar refractivity (Wildman–Crippen MR) is 86.3 cm³/mol. The SMILES string of the molecule is CCOC[C@@H](O)CN1CCN(C(=O)c2ccccc2Cl)CC1. The number of carbonyl (C=O) groups excluding carboxylic acids is 1.